The number of nitrogens with one attached hydrogen (secondary N) is 1. The van der Waals surface area contributed by atoms with Crippen LogP contribution in [0, 0.1) is 19.7 Å². The Balaban J connectivity index is 2.22. The maximum atomic E-state index is 13.1. The molecule has 96 valence electrons. The number of aromatic nitrogens is 1. The Hall–Kier alpha value is -1.30. The minimum atomic E-state index is -0.222. The van der Waals surface area contributed by atoms with E-state index in [1.54, 1.807) is 17.4 Å². The van der Waals surface area contributed by atoms with Crippen molar-refractivity contribution in [2.24, 2.45) is 5.84 Å². The molecule has 1 unspecified atom stereocenters. The molecule has 1 aromatic carbocycles. The van der Waals surface area contributed by atoms with Gasteiger partial charge in [0.1, 0.15) is 5.82 Å². The predicted octanol–water partition coefficient (Wildman–Crippen LogP) is 2.65. The van der Waals surface area contributed by atoms with Crippen molar-refractivity contribution < 1.29 is 4.39 Å². The molecule has 3 nitrogen and oxygen atoms in total. The van der Waals surface area contributed by atoms with Crippen molar-refractivity contribution in [2.75, 3.05) is 0 Å². The van der Waals surface area contributed by atoms with E-state index in [2.05, 4.69) is 10.4 Å². The number of hydrazine groups is 1. The number of nitrogens with two attached hydrogens (primary N) is 1. The summed E-state index contributed by atoms with van der Waals surface area (Å²) in [6, 6.07) is 6.56. The Bertz CT molecular complexity index is 539. The van der Waals surface area contributed by atoms with E-state index in [-0.39, 0.29) is 11.9 Å². The number of hydrogen-bond acceptors (Lipinski definition) is 4. The van der Waals surface area contributed by atoms with Gasteiger partial charge in [0.15, 0.2) is 0 Å². The molecular weight excluding hydrogens is 249 g/mol. The van der Waals surface area contributed by atoms with Crippen molar-refractivity contribution in [3.8, 4) is 0 Å². The number of aryl methyl sites for hydroxylation is 2. The third kappa shape index (κ3) is 2.93. The lowest BCUT2D eigenvalue weighted by atomic mass is 10.0. The molecule has 18 heavy (non-hydrogen) atoms. The first kappa shape index (κ1) is 13.1. The van der Waals surface area contributed by atoms with Crippen molar-refractivity contribution in [1.29, 1.82) is 0 Å². The van der Waals surface area contributed by atoms with Crippen LogP contribution >= 0.6 is 11.3 Å². The third-order valence-corrected chi connectivity index (χ3v) is 3.97. The molecule has 1 aromatic heterocycles. The molecule has 0 bridgehead atoms. The van der Waals surface area contributed by atoms with E-state index >= 15 is 0 Å². The lowest BCUT2D eigenvalue weighted by Crippen LogP contribution is -2.29. The van der Waals surface area contributed by atoms with E-state index in [1.807, 2.05) is 19.9 Å². The summed E-state index contributed by atoms with van der Waals surface area (Å²) in [6.45, 7) is 3.94. The van der Waals surface area contributed by atoms with Crippen LogP contribution in [0.5, 0.6) is 0 Å². The van der Waals surface area contributed by atoms with E-state index in [0.717, 1.165) is 21.1 Å². The van der Waals surface area contributed by atoms with Gasteiger partial charge in [-0.3, -0.25) is 11.3 Å². The highest BCUT2D eigenvalue weighted by atomic mass is 32.1. The molecule has 0 saturated carbocycles. The maximum Gasteiger partial charge on any atom is 0.123 e. The Morgan fingerprint density at radius 1 is 1.44 bits per heavy atom. The van der Waals surface area contributed by atoms with Crippen LogP contribution in [0.1, 0.15) is 27.2 Å². The highest BCUT2D eigenvalue weighted by Gasteiger charge is 2.16. The van der Waals surface area contributed by atoms with Crippen molar-refractivity contribution in [2.45, 2.75) is 26.3 Å². The molecule has 0 aliphatic carbocycles. The van der Waals surface area contributed by atoms with Crippen molar-refractivity contribution in [3.63, 3.8) is 0 Å². The van der Waals surface area contributed by atoms with Crippen LogP contribution in [0.2, 0.25) is 0 Å². The molecule has 0 radical (unpaired) electrons. The maximum absolute atomic E-state index is 13.1. The third-order valence-electron chi connectivity index (χ3n) is 2.79. The zero-order chi connectivity index (χ0) is 13.1. The summed E-state index contributed by atoms with van der Waals surface area (Å²) in [5.41, 5.74) is 4.69. The highest BCUT2D eigenvalue weighted by molar-refractivity contribution is 7.11. The van der Waals surface area contributed by atoms with E-state index in [9.17, 15) is 4.39 Å². The molecule has 0 aliphatic heterocycles. The van der Waals surface area contributed by atoms with Gasteiger partial charge in [-0.05, 0) is 38.0 Å². The molecule has 2 aromatic rings. The van der Waals surface area contributed by atoms with Crippen molar-refractivity contribution in [1.82, 2.24) is 10.4 Å². The second-order valence-electron chi connectivity index (χ2n) is 4.24. The van der Waals surface area contributed by atoms with Crippen LogP contribution in [0.3, 0.4) is 0 Å². The number of thiazole rings is 1. The number of halogens is 1. The van der Waals surface area contributed by atoms with Gasteiger partial charge < -0.3 is 0 Å². The molecular formula is C13H16FN3S. The summed E-state index contributed by atoms with van der Waals surface area (Å²) in [5.74, 6) is 5.38. The van der Waals surface area contributed by atoms with Gasteiger partial charge in [-0.25, -0.2) is 9.37 Å². The van der Waals surface area contributed by atoms with Gasteiger partial charge in [-0.2, -0.15) is 0 Å². The summed E-state index contributed by atoms with van der Waals surface area (Å²) in [7, 11) is 0. The van der Waals surface area contributed by atoms with Crippen LogP contribution in [-0.4, -0.2) is 4.98 Å². The van der Waals surface area contributed by atoms with E-state index in [4.69, 9.17) is 5.84 Å². The summed E-state index contributed by atoms with van der Waals surface area (Å²) >= 11 is 1.62. The zero-order valence-corrected chi connectivity index (χ0v) is 11.2. The fourth-order valence-corrected chi connectivity index (χ4v) is 2.99. The van der Waals surface area contributed by atoms with Crippen molar-refractivity contribution in [3.05, 3.63) is 51.2 Å². The van der Waals surface area contributed by atoms with Crippen LogP contribution in [0.4, 0.5) is 4.39 Å². The smallest absolute Gasteiger partial charge is 0.123 e. The largest absolute Gasteiger partial charge is 0.271 e. The van der Waals surface area contributed by atoms with Gasteiger partial charge in [0.25, 0.3) is 0 Å². The SMILES string of the molecule is Cc1nc(C)c(C(Cc2cccc(F)c2)NN)s1. The standard InChI is InChI=1S/C13H16FN3S/c1-8-13(18-9(2)16-8)12(17-15)7-10-4-3-5-11(14)6-10/h3-6,12,17H,7,15H2,1-2H3. The highest BCUT2D eigenvalue weighted by Crippen LogP contribution is 2.27. The van der Waals surface area contributed by atoms with E-state index in [0.29, 0.717) is 6.42 Å². The molecule has 1 heterocycles. The molecule has 0 saturated heterocycles. The number of hydrogen-bond donors (Lipinski definition) is 2. The minimum absolute atomic E-state index is 0.0296. The summed E-state index contributed by atoms with van der Waals surface area (Å²) in [4.78, 5) is 5.50. The monoisotopic (exact) mass is 265 g/mol. The first-order valence-electron chi connectivity index (χ1n) is 5.74. The topological polar surface area (TPSA) is 50.9 Å². The number of nitrogens with zero attached hydrogens (tertiary/aromatic N) is 1. The fraction of sp³-hybridized carbons (Fsp3) is 0.308. The van der Waals surface area contributed by atoms with Gasteiger partial charge in [0.05, 0.1) is 16.7 Å². The second-order valence-corrected chi connectivity index (χ2v) is 5.47. The summed E-state index contributed by atoms with van der Waals surface area (Å²) in [6.07, 6.45) is 0.650. The Labute approximate surface area is 110 Å². The van der Waals surface area contributed by atoms with Crippen LogP contribution in [0.15, 0.2) is 24.3 Å². The van der Waals surface area contributed by atoms with E-state index in [1.165, 1.54) is 12.1 Å². The zero-order valence-electron chi connectivity index (χ0n) is 10.4. The Morgan fingerprint density at radius 3 is 2.78 bits per heavy atom. The average Bonchev–Trinajstić information content (AvgIpc) is 2.65. The molecule has 3 N–H and O–H groups in total. The minimum Gasteiger partial charge on any atom is -0.271 e. The number of rotatable bonds is 4. The molecule has 0 amide bonds. The van der Waals surface area contributed by atoms with Crippen LogP contribution in [-0.2, 0) is 6.42 Å². The van der Waals surface area contributed by atoms with Crippen LogP contribution in [0.25, 0.3) is 0 Å². The predicted molar refractivity (Wildman–Crippen MR) is 71.8 cm³/mol. The summed E-state index contributed by atoms with van der Waals surface area (Å²) < 4.78 is 13.1. The number of benzene rings is 1. The molecule has 5 heteroatoms. The second kappa shape index (κ2) is 5.56. The first-order valence-corrected chi connectivity index (χ1v) is 6.56. The lowest BCUT2D eigenvalue weighted by molar-refractivity contribution is 0.553. The van der Waals surface area contributed by atoms with Crippen molar-refractivity contribution >= 4 is 11.3 Å². The fourth-order valence-electron chi connectivity index (χ4n) is 2.00. The normalized spacial score (nSPS) is 12.7. The summed E-state index contributed by atoms with van der Waals surface area (Å²) in [5, 5.41) is 1.02. The van der Waals surface area contributed by atoms with Gasteiger partial charge in [-0.1, -0.05) is 12.1 Å². The Kier molecular flexibility index (Phi) is 4.06. The van der Waals surface area contributed by atoms with Gasteiger partial charge in [0.2, 0.25) is 0 Å². The van der Waals surface area contributed by atoms with Gasteiger partial charge >= 0.3 is 0 Å². The van der Waals surface area contributed by atoms with Gasteiger partial charge in [0, 0.05) is 4.88 Å². The molecule has 0 fully saturated rings. The molecule has 1 atom stereocenters. The molecule has 2 rings (SSSR count). The van der Waals surface area contributed by atoms with E-state index < -0.39 is 0 Å². The quantitative estimate of drug-likeness (QED) is 0.660. The average molecular weight is 265 g/mol. The molecule has 0 spiro atoms. The lowest BCUT2D eigenvalue weighted by Gasteiger charge is -2.15. The molecule has 0 aliphatic rings. The van der Waals surface area contributed by atoms with Crippen LogP contribution < -0.4 is 11.3 Å². The Morgan fingerprint density at radius 2 is 2.22 bits per heavy atom. The van der Waals surface area contributed by atoms with Gasteiger partial charge in [-0.15, -0.1) is 11.3 Å². The first-order chi connectivity index (χ1) is 8.60.